The molecule has 0 bridgehead atoms. The van der Waals surface area contributed by atoms with E-state index in [9.17, 15) is 0 Å². The van der Waals surface area contributed by atoms with Gasteiger partial charge in [-0.2, -0.15) is 0 Å². The maximum atomic E-state index is 2.24. The summed E-state index contributed by atoms with van der Waals surface area (Å²) in [6.45, 7) is 2.21. The Kier molecular flexibility index (Phi) is 2.31. The van der Waals surface area contributed by atoms with Crippen molar-refractivity contribution in [1.82, 2.24) is 0 Å². The van der Waals surface area contributed by atoms with Gasteiger partial charge in [-0.3, -0.25) is 0 Å². The zero-order valence-corrected chi connectivity index (χ0v) is 7.90. The van der Waals surface area contributed by atoms with Crippen molar-refractivity contribution in [2.24, 2.45) is 0 Å². The molecule has 0 aromatic heterocycles. The molecule has 1 aromatic rings. The van der Waals surface area contributed by atoms with Crippen LogP contribution in [0.25, 0.3) is 0 Å². The van der Waals surface area contributed by atoms with Gasteiger partial charge in [-0.15, -0.1) is 0 Å². The van der Waals surface area contributed by atoms with E-state index in [0.717, 1.165) is 6.42 Å². The number of allylic oxidation sites excluding steroid dienone is 4. The molecule has 1 unspecified atom stereocenters. The summed E-state index contributed by atoms with van der Waals surface area (Å²) in [6.07, 6.45) is 7.74. The van der Waals surface area contributed by atoms with E-state index in [-0.39, 0.29) is 0 Å². The van der Waals surface area contributed by atoms with Crippen LogP contribution in [-0.4, -0.2) is 0 Å². The summed E-state index contributed by atoms with van der Waals surface area (Å²) >= 11 is 0. The minimum absolute atomic E-state index is 0.603. The normalized spacial score (nSPS) is 21.3. The van der Waals surface area contributed by atoms with Gasteiger partial charge in [0.15, 0.2) is 0 Å². The zero-order chi connectivity index (χ0) is 9.10. The third-order valence-corrected chi connectivity index (χ3v) is 2.62. The molecule has 0 aliphatic heterocycles. The molecule has 2 rings (SSSR count). The summed E-state index contributed by atoms with van der Waals surface area (Å²) in [5, 5.41) is 0. The molecule has 0 fully saturated rings. The molecule has 0 amide bonds. The second kappa shape index (κ2) is 3.61. The minimum Gasteiger partial charge on any atom is -0.0836 e. The molecule has 1 aliphatic carbocycles. The van der Waals surface area contributed by atoms with E-state index in [2.05, 4.69) is 55.5 Å². The van der Waals surface area contributed by atoms with Gasteiger partial charge in [0.25, 0.3) is 0 Å². The maximum Gasteiger partial charge on any atom is 0.00831 e. The highest BCUT2D eigenvalue weighted by Gasteiger charge is 2.12. The Labute approximate surface area is 79.6 Å². The summed E-state index contributed by atoms with van der Waals surface area (Å²) in [4.78, 5) is 0. The monoisotopic (exact) mass is 170 g/mol. The Morgan fingerprint density at radius 2 is 1.92 bits per heavy atom. The molecule has 0 heteroatoms. The minimum atomic E-state index is 0.603. The average molecular weight is 170 g/mol. The van der Waals surface area contributed by atoms with Crippen LogP contribution in [0, 0.1) is 0 Å². The van der Waals surface area contributed by atoms with E-state index >= 15 is 0 Å². The molecule has 0 radical (unpaired) electrons. The zero-order valence-electron chi connectivity index (χ0n) is 7.90. The Bertz CT molecular complexity index is 330. The lowest BCUT2D eigenvalue weighted by atomic mass is 9.86. The fourth-order valence-electron chi connectivity index (χ4n) is 1.82. The Hall–Kier alpha value is -1.30. The van der Waals surface area contributed by atoms with Crippen LogP contribution in [-0.2, 0) is 0 Å². The Morgan fingerprint density at radius 3 is 2.62 bits per heavy atom. The van der Waals surface area contributed by atoms with Crippen molar-refractivity contribution in [1.29, 1.82) is 0 Å². The first kappa shape index (κ1) is 8.31. The van der Waals surface area contributed by atoms with Crippen molar-refractivity contribution in [2.75, 3.05) is 0 Å². The van der Waals surface area contributed by atoms with E-state index in [4.69, 9.17) is 0 Å². The largest absolute Gasteiger partial charge is 0.0836 e. The molecule has 0 saturated heterocycles. The summed E-state index contributed by atoms with van der Waals surface area (Å²) in [6, 6.07) is 10.7. The number of benzene rings is 1. The molecule has 0 saturated carbocycles. The van der Waals surface area contributed by atoms with Crippen LogP contribution in [0.15, 0.2) is 54.1 Å². The van der Waals surface area contributed by atoms with E-state index in [0.29, 0.717) is 5.92 Å². The van der Waals surface area contributed by atoms with Crippen molar-refractivity contribution in [3.63, 3.8) is 0 Å². The molecule has 0 spiro atoms. The highest BCUT2D eigenvalue weighted by atomic mass is 14.2. The second-order valence-electron chi connectivity index (χ2n) is 3.54. The fourth-order valence-corrected chi connectivity index (χ4v) is 1.82. The molecular formula is C13H14. The van der Waals surface area contributed by atoms with Gasteiger partial charge in [-0.25, -0.2) is 0 Å². The van der Waals surface area contributed by atoms with E-state index in [1.54, 1.807) is 0 Å². The predicted molar refractivity (Wildman–Crippen MR) is 56.7 cm³/mol. The topological polar surface area (TPSA) is 0 Å². The van der Waals surface area contributed by atoms with Crippen LogP contribution in [0.4, 0.5) is 0 Å². The molecule has 0 N–H and O–H groups in total. The molecule has 1 aromatic carbocycles. The Balaban J connectivity index is 2.28. The van der Waals surface area contributed by atoms with Gasteiger partial charge in [-0.05, 0) is 18.9 Å². The molecule has 66 valence electrons. The number of hydrogen-bond acceptors (Lipinski definition) is 0. The summed E-state index contributed by atoms with van der Waals surface area (Å²) in [5.74, 6) is 0.603. The predicted octanol–water partition coefficient (Wildman–Crippen LogP) is 3.68. The first-order valence-corrected chi connectivity index (χ1v) is 4.76. The standard InChI is InChI=1S/C13H14/c1-11-7-5-6-10-13(11)12-8-3-2-4-9-12/h2-9,13H,10H2,1H3. The van der Waals surface area contributed by atoms with Crippen LogP contribution in [0.3, 0.4) is 0 Å². The van der Waals surface area contributed by atoms with Crippen LogP contribution in [0.1, 0.15) is 24.8 Å². The number of hydrogen-bond donors (Lipinski definition) is 0. The highest BCUT2D eigenvalue weighted by molar-refractivity contribution is 5.33. The van der Waals surface area contributed by atoms with Gasteiger partial charge >= 0.3 is 0 Å². The van der Waals surface area contributed by atoms with Crippen LogP contribution < -0.4 is 0 Å². The molecule has 1 aliphatic rings. The molecule has 0 nitrogen and oxygen atoms in total. The lowest BCUT2D eigenvalue weighted by Crippen LogP contribution is -2.01. The number of rotatable bonds is 1. The van der Waals surface area contributed by atoms with E-state index in [1.807, 2.05) is 0 Å². The van der Waals surface area contributed by atoms with Crippen LogP contribution in [0.5, 0.6) is 0 Å². The average Bonchev–Trinajstić information content (AvgIpc) is 2.20. The van der Waals surface area contributed by atoms with Gasteiger partial charge in [0.1, 0.15) is 0 Å². The highest BCUT2D eigenvalue weighted by Crippen LogP contribution is 2.30. The Morgan fingerprint density at radius 1 is 1.15 bits per heavy atom. The first-order chi connectivity index (χ1) is 6.38. The summed E-state index contributed by atoms with van der Waals surface area (Å²) < 4.78 is 0. The smallest absolute Gasteiger partial charge is 0.00831 e. The van der Waals surface area contributed by atoms with Crippen molar-refractivity contribution in [2.45, 2.75) is 19.3 Å². The van der Waals surface area contributed by atoms with Gasteiger partial charge in [0, 0.05) is 5.92 Å². The molecular weight excluding hydrogens is 156 g/mol. The van der Waals surface area contributed by atoms with E-state index in [1.165, 1.54) is 11.1 Å². The van der Waals surface area contributed by atoms with Gasteiger partial charge in [-0.1, -0.05) is 54.1 Å². The van der Waals surface area contributed by atoms with Crippen LogP contribution >= 0.6 is 0 Å². The van der Waals surface area contributed by atoms with Crippen molar-refractivity contribution in [3.8, 4) is 0 Å². The molecule has 13 heavy (non-hydrogen) atoms. The van der Waals surface area contributed by atoms with Crippen molar-refractivity contribution in [3.05, 3.63) is 59.7 Å². The summed E-state index contributed by atoms with van der Waals surface area (Å²) in [7, 11) is 0. The van der Waals surface area contributed by atoms with E-state index < -0.39 is 0 Å². The molecule has 1 atom stereocenters. The second-order valence-corrected chi connectivity index (χ2v) is 3.54. The van der Waals surface area contributed by atoms with Gasteiger partial charge in [0.05, 0.1) is 0 Å². The first-order valence-electron chi connectivity index (χ1n) is 4.76. The van der Waals surface area contributed by atoms with Crippen molar-refractivity contribution < 1.29 is 0 Å². The lowest BCUT2D eigenvalue weighted by Gasteiger charge is -2.18. The SMILES string of the molecule is CC1=CC=CCC1c1ccccc1. The third kappa shape index (κ3) is 1.72. The van der Waals surface area contributed by atoms with Gasteiger partial charge < -0.3 is 0 Å². The van der Waals surface area contributed by atoms with Gasteiger partial charge in [0.2, 0.25) is 0 Å². The lowest BCUT2D eigenvalue weighted by molar-refractivity contribution is 0.797. The third-order valence-electron chi connectivity index (χ3n) is 2.62. The van der Waals surface area contributed by atoms with Crippen LogP contribution in [0.2, 0.25) is 0 Å². The maximum absolute atomic E-state index is 2.24. The summed E-state index contributed by atoms with van der Waals surface area (Å²) in [5.41, 5.74) is 2.90. The fraction of sp³-hybridized carbons (Fsp3) is 0.231. The van der Waals surface area contributed by atoms with Crippen molar-refractivity contribution >= 4 is 0 Å². The quantitative estimate of drug-likeness (QED) is 0.603. The molecule has 0 heterocycles.